The van der Waals surface area contributed by atoms with Crippen LogP contribution in [0.5, 0.6) is 0 Å². The highest BCUT2D eigenvalue weighted by atomic mass is 35.5. The molecule has 1 amide bonds. The van der Waals surface area contributed by atoms with E-state index < -0.39 is 10.0 Å². The summed E-state index contributed by atoms with van der Waals surface area (Å²) in [7, 11) is -3.82. The van der Waals surface area contributed by atoms with E-state index in [-0.39, 0.29) is 17.3 Å². The third-order valence-electron chi connectivity index (χ3n) is 3.21. The summed E-state index contributed by atoms with van der Waals surface area (Å²) in [6, 6.07) is 9.54. The second kappa shape index (κ2) is 8.59. The molecule has 1 aromatic carbocycles. The van der Waals surface area contributed by atoms with E-state index in [0.29, 0.717) is 23.1 Å². The van der Waals surface area contributed by atoms with E-state index in [1.807, 2.05) is 17.0 Å². The van der Waals surface area contributed by atoms with Gasteiger partial charge in [0.05, 0.1) is 15.8 Å². The standard InChI is InChI=1S/C16H18ClN3O3S2/c1-2-8-20(10-13-6-7-15(17)24-13)11-16(21)19-12-4-3-5-14(9-12)25(18,22)23/h2-7,9H,1,8,10-11H2,(H,19,21)(H2,18,22,23). The van der Waals surface area contributed by atoms with E-state index in [0.717, 1.165) is 4.88 Å². The number of thiophene rings is 1. The van der Waals surface area contributed by atoms with E-state index in [4.69, 9.17) is 16.7 Å². The van der Waals surface area contributed by atoms with Crippen LogP contribution in [-0.2, 0) is 21.4 Å². The molecule has 1 aromatic heterocycles. The number of hydrogen-bond donors (Lipinski definition) is 2. The van der Waals surface area contributed by atoms with Gasteiger partial charge in [-0.1, -0.05) is 23.7 Å². The monoisotopic (exact) mass is 399 g/mol. The van der Waals surface area contributed by atoms with Gasteiger partial charge in [0, 0.05) is 23.7 Å². The molecule has 0 spiro atoms. The van der Waals surface area contributed by atoms with Crippen molar-refractivity contribution in [2.45, 2.75) is 11.4 Å². The summed E-state index contributed by atoms with van der Waals surface area (Å²) in [5.41, 5.74) is 0.370. The topological polar surface area (TPSA) is 92.5 Å². The Balaban J connectivity index is 2.02. The highest BCUT2D eigenvalue weighted by Crippen LogP contribution is 2.22. The molecule has 0 atom stereocenters. The molecule has 1 heterocycles. The van der Waals surface area contributed by atoms with Crippen LogP contribution in [-0.4, -0.2) is 32.3 Å². The number of primary sulfonamides is 1. The molecule has 0 unspecified atom stereocenters. The molecule has 0 saturated heterocycles. The highest BCUT2D eigenvalue weighted by Gasteiger charge is 2.13. The molecule has 0 saturated carbocycles. The number of rotatable bonds is 8. The molecule has 3 N–H and O–H groups in total. The molecule has 25 heavy (non-hydrogen) atoms. The Bertz CT molecular complexity index is 865. The van der Waals surface area contributed by atoms with Crippen molar-refractivity contribution in [2.24, 2.45) is 5.14 Å². The molecule has 134 valence electrons. The van der Waals surface area contributed by atoms with Gasteiger partial charge in [0.25, 0.3) is 0 Å². The third kappa shape index (κ3) is 6.26. The first-order valence-corrected chi connectivity index (χ1v) is 10.0. The van der Waals surface area contributed by atoms with Crippen LogP contribution in [0.1, 0.15) is 4.88 Å². The molecule has 0 bridgehead atoms. The Morgan fingerprint density at radius 2 is 2.12 bits per heavy atom. The van der Waals surface area contributed by atoms with Crippen molar-refractivity contribution in [2.75, 3.05) is 18.4 Å². The number of sulfonamides is 1. The van der Waals surface area contributed by atoms with E-state index in [1.165, 1.54) is 29.5 Å². The maximum Gasteiger partial charge on any atom is 0.238 e. The predicted octanol–water partition coefficient (Wildman–Crippen LogP) is 2.68. The Morgan fingerprint density at radius 3 is 2.72 bits per heavy atom. The van der Waals surface area contributed by atoms with Gasteiger partial charge in [0.15, 0.2) is 0 Å². The fourth-order valence-corrected chi connectivity index (χ4v) is 3.87. The number of carbonyl (C=O) groups is 1. The number of amides is 1. The normalized spacial score (nSPS) is 11.5. The largest absolute Gasteiger partial charge is 0.325 e. The van der Waals surface area contributed by atoms with Crippen molar-refractivity contribution < 1.29 is 13.2 Å². The lowest BCUT2D eigenvalue weighted by molar-refractivity contribution is -0.117. The summed E-state index contributed by atoms with van der Waals surface area (Å²) < 4.78 is 23.4. The number of anilines is 1. The van der Waals surface area contributed by atoms with Crippen LogP contribution in [0.25, 0.3) is 0 Å². The molecule has 2 aromatic rings. The number of halogens is 1. The van der Waals surface area contributed by atoms with Crippen molar-refractivity contribution in [3.05, 3.63) is 58.3 Å². The lowest BCUT2D eigenvalue weighted by Crippen LogP contribution is -2.32. The van der Waals surface area contributed by atoms with Crippen molar-refractivity contribution in [3.8, 4) is 0 Å². The second-order valence-electron chi connectivity index (χ2n) is 5.29. The summed E-state index contributed by atoms with van der Waals surface area (Å²) in [5, 5.41) is 7.77. The van der Waals surface area contributed by atoms with Gasteiger partial charge in [-0.15, -0.1) is 17.9 Å². The predicted molar refractivity (Wildman–Crippen MR) is 101 cm³/mol. The molecule has 9 heteroatoms. The van der Waals surface area contributed by atoms with Crippen LogP contribution in [0, 0.1) is 0 Å². The second-order valence-corrected chi connectivity index (χ2v) is 8.65. The summed E-state index contributed by atoms with van der Waals surface area (Å²) in [6.07, 6.45) is 1.71. The number of nitrogens with two attached hydrogens (primary N) is 1. The maximum absolute atomic E-state index is 12.3. The van der Waals surface area contributed by atoms with Gasteiger partial charge in [-0.2, -0.15) is 0 Å². The van der Waals surface area contributed by atoms with Crippen LogP contribution >= 0.6 is 22.9 Å². The fourth-order valence-electron chi connectivity index (χ4n) is 2.18. The minimum absolute atomic E-state index is 0.0542. The van der Waals surface area contributed by atoms with E-state index in [1.54, 1.807) is 12.1 Å². The molecule has 0 aliphatic heterocycles. The first kappa shape index (κ1) is 19.6. The molecular formula is C16H18ClN3O3S2. The van der Waals surface area contributed by atoms with Crippen LogP contribution < -0.4 is 10.5 Å². The fraction of sp³-hybridized carbons (Fsp3) is 0.188. The lowest BCUT2D eigenvalue weighted by Gasteiger charge is -2.19. The zero-order valence-electron chi connectivity index (χ0n) is 13.3. The van der Waals surface area contributed by atoms with E-state index in [9.17, 15) is 13.2 Å². The van der Waals surface area contributed by atoms with E-state index in [2.05, 4.69) is 11.9 Å². The average molecular weight is 400 g/mol. The number of hydrogen-bond acceptors (Lipinski definition) is 5. The van der Waals surface area contributed by atoms with Crippen LogP contribution in [0.2, 0.25) is 4.34 Å². The van der Waals surface area contributed by atoms with Gasteiger partial charge in [0.2, 0.25) is 15.9 Å². The summed E-state index contributed by atoms with van der Waals surface area (Å²) >= 11 is 7.38. The summed E-state index contributed by atoms with van der Waals surface area (Å²) in [5.74, 6) is -0.268. The molecule has 6 nitrogen and oxygen atoms in total. The van der Waals surface area contributed by atoms with Crippen molar-refractivity contribution >= 4 is 44.6 Å². The lowest BCUT2D eigenvalue weighted by atomic mass is 10.3. The van der Waals surface area contributed by atoms with E-state index >= 15 is 0 Å². The third-order valence-corrected chi connectivity index (χ3v) is 5.34. The molecule has 0 aliphatic rings. The first-order valence-electron chi connectivity index (χ1n) is 7.28. The maximum atomic E-state index is 12.3. The quantitative estimate of drug-likeness (QED) is 0.667. The van der Waals surface area contributed by atoms with Crippen molar-refractivity contribution in [3.63, 3.8) is 0 Å². The molecule has 0 aliphatic carbocycles. The number of nitrogens with zero attached hydrogens (tertiary/aromatic N) is 1. The highest BCUT2D eigenvalue weighted by molar-refractivity contribution is 7.89. The number of nitrogens with one attached hydrogen (secondary N) is 1. The van der Waals surface area contributed by atoms with Gasteiger partial charge < -0.3 is 5.32 Å². The number of benzene rings is 1. The molecular weight excluding hydrogens is 382 g/mol. The van der Waals surface area contributed by atoms with Gasteiger partial charge >= 0.3 is 0 Å². The van der Waals surface area contributed by atoms with Crippen LogP contribution in [0.15, 0.2) is 53.9 Å². The van der Waals surface area contributed by atoms with Gasteiger partial charge in [-0.3, -0.25) is 9.69 Å². The SMILES string of the molecule is C=CCN(CC(=O)Nc1cccc(S(N)(=O)=O)c1)Cc1ccc(Cl)s1. The smallest absolute Gasteiger partial charge is 0.238 e. The minimum Gasteiger partial charge on any atom is -0.325 e. The van der Waals surface area contributed by atoms with Crippen molar-refractivity contribution in [1.29, 1.82) is 0 Å². The average Bonchev–Trinajstić information content (AvgIpc) is 2.92. The van der Waals surface area contributed by atoms with Gasteiger partial charge in [0.1, 0.15) is 0 Å². The summed E-state index contributed by atoms with van der Waals surface area (Å²) in [6.45, 7) is 4.92. The zero-order chi connectivity index (χ0) is 18.4. The first-order chi connectivity index (χ1) is 11.8. The molecule has 0 radical (unpaired) electrons. The Labute approximate surface area is 156 Å². The van der Waals surface area contributed by atoms with Gasteiger partial charge in [-0.25, -0.2) is 13.6 Å². The molecule has 2 rings (SSSR count). The Hall–Kier alpha value is -1.71. The number of carbonyl (C=O) groups excluding carboxylic acids is 1. The zero-order valence-corrected chi connectivity index (χ0v) is 15.7. The molecule has 0 fully saturated rings. The Morgan fingerprint density at radius 1 is 1.36 bits per heavy atom. The summed E-state index contributed by atoms with van der Waals surface area (Å²) in [4.78, 5) is 15.1. The van der Waals surface area contributed by atoms with Gasteiger partial charge in [-0.05, 0) is 30.3 Å². The van der Waals surface area contributed by atoms with Crippen LogP contribution in [0.3, 0.4) is 0 Å². The van der Waals surface area contributed by atoms with Crippen molar-refractivity contribution in [1.82, 2.24) is 4.90 Å². The Kier molecular flexibility index (Phi) is 6.74. The minimum atomic E-state index is -3.82. The van der Waals surface area contributed by atoms with Crippen LogP contribution in [0.4, 0.5) is 5.69 Å².